The molecule has 1 fully saturated rings. The van der Waals surface area contributed by atoms with Crippen molar-refractivity contribution in [3.8, 4) is 0 Å². The van der Waals surface area contributed by atoms with Crippen LogP contribution in [0.15, 0.2) is 30.3 Å². The molecule has 0 radical (unpaired) electrons. The molecule has 0 heterocycles. The summed E-state index contributed by atoms with van der Waals surface area (Å²) in [6.45, 7) is 4.56. The molecule has 0 bridgehead atoms. The van der Waals surface area contributed by atoms with E-state index in [4.69, 9.17) is 5.73 Å². The summed E-state index contributed by atoms with van der Waals surface area (Å²) in [5.41, 5.74) is 7.87. The molecular formula is C13H19N. The molecule has 2 rings (SSSR count). The molecule has 76 valence electrons. The molecule has 1 aromatic carbocycles. The Morgan fingerprint density at radius 1 is 1.36 bits per heavy atom. The Bertz CT molecular complexity index is 306. The van der Waals surface area contributed by atoms with Crippen molar-refractivity contribution >= 4 is 0 Å². The first-order valence-corrected chi connectivity index (χ1v) is 5.49. The second-order valence-corrected chi connectivity index (χ2v) is 4.66. The van der Waals surface area contributed by atoms with Gasteiger partial charge in [0.15, 0.2) is 0 Å². The van der Waals surface area contributed by atoms with Crippen LogP contribution >= 0.6 is 0 Å². The predicted molar refractivity (Wildman–Crippen MR) is 60.2 cm³/mol. The van der Waals surface area contributed by atoms with Gasteiger partial charge >= 0.3 is 0 Å². The van der Waals surface area contributed by atoms with Gasteiger partial charge in [-0.3, -0.25) is 0 Å². The minimum atomic E-state index is 0.321. The average Bonchev–Trinajstić information content (AvgIpc) is 2.25. The molecule has 14 heavy (non-hydrogen) atoms. The molecule has 1 aromatic rings. The van der Waals surface area contributed by atoms with Gasteiger partial charge < -0.3 is 5.73 Å². The van der Waals surface area contributed by atoms with Gasteiger partial charge in [-0.25, -0.2) is 0 Å². The summed E-state index contributed by atoms with van der Waals surface area (Å²) in [6.07, 6.45) is 2.32. The van der Waals surface area contributed by atoms with Crippen LogP contribution in [0.3, 0.4) is 0 Å². The Labute approximate surface area is 86.3 Å². The van der Waals surface area contributed by atoms with Crippen molar-refractivity contribution in [3.05, 3.63) is 35.9 Å². The number of hydrogen-bond acceptors (Lipinski definition) is 1. The lowest BCUT2D eigenvalue weighted by Gasteiger charge is -2.53. The molecule has 1 nitrogen and oxygen atoms in total. The van der Waals surface area contributed by atoms with Crippen molar-refractivity contribution in [1.82, 2.24) is 0 Å². The fourth-order valence-electron chi connectivity index (χ4n) is 2.60. The lowest BCUT2D eigenvalue weighted by atomic mass is 9.54. The third kappa shape index (κ3) is 1.27. The van der Waals surface area contributed by atoms with Crippen molar-refractivity contribution in [2.24, 2.45) is 11.1 Å². The molecule has 1 aliphatic rings. The Kier molecular flexibility index (Phi) is 2.36. The zero-order valence-electron chi connectivity index (χ0n) is 9.03. The van der Waals surface area contributed by atoms with Crippen LogP contribution < -0.4 is 5.73 Å². The van der Waals surface area contributed by atoms with E-state index < -0.39 is 0 Å². The van der Waals surface area contributed by atoms with Gasteiger partial charge in [0, 0.05) is 6.04 Å². The van der Waals surface area contributed by atoms with E-state index in [0.29, 0.717) is 17.4 Å². The summed E-state index contributed by atoms with van der Waals surface area (Å²) in [5, 5.41) is 0. The van der Waals surface area contributed by atoms with E-state index in [1.54, 1.807) is 0 Å². The van der Waals surface area contributed by atoms with E-state index in [9.17, 15) is 0 Å². The third-order valence-electron chi connectivity index (χ3n) is 4.10. The zero-order valence-corrected chi connectivity index (χ0v) is 9.03. The SMILES string of the molecule is CCC1(C)C(N)CC1c1ccccc1. The van der Waals surface area contributed by atoms with E-state index in [0.717, 1.165) is 6.42 Å². The Morgan fingerprint density at radius 3 is 2.50 bits per heavy atom. The van der Waals surface area contributed by atoms with Crippen LogP contribution in [0.4, 0.5) is 0 Å². The molecule has 2 N–H and O–H groups in total. The van der Waals surface area contributed by atoms with E-state index >= 15 is 0 Å². The van der Waals surface area contributed by atoms with Gasteiger partial charge in [-0.2, -0.15) is 0 Å². The standard InChI is InChI=1S/C13H19N/c1-3-13(2)11(9-12(13)14)10-7-5-4-6-8-10/h4-8,11-12H,3,9,14H2,1-2H3. The highest BCUT2D eigenvalue weighted by atomic mass is 14.8. The van der Waals surface area contributed by atoms with Crippen LogP contribution in [0.2, 0.25) is 0 Å². The fraction of sp³-hybridized carbons (Fsp3) is 0.538. The summed E-state index contributed by atoms with van der Waals surface area (Å²) in [4.78, 5) is 0. The molecule has 0 saturated heterocycles. The predicted octanol–water partition coefficient (Wildman–Crippen LogP) is 2.92. The Hall–Kier alpha value is -0.820. The molecule has 0 aromatic heterocycles. The van der Waals surface area contributed by atoms with Gasteiger partial charge in [-0.1, -0.05) is 44.2 Å². The Morgan fingerprint density at radius 2 is 2.00 bits per heavy atom. The van der Waals surface area contributed by atoms with Crippen molar-refractivity contribution < 1.29 is 0 Å². The molecule has 1 saturated carbocycles. The molecule has 3 unspecified atom stereocenters. The lowest BCUT2D eigenvalue weighted by molar-refractivity contribution is 0.0706. The molecule has 0 amide bonds. The molecule has 3 atom stereocenters. The summed E-state index contributed by atoms with van der Waals surface area (Å²) < 4.78 is 0. The molecule has 0 aliphatic heterocycles. The van der Waals surface area contributed by atoms with Crippen LogP contribution in [0.5, 0.6) is 0 Å². The van der Waals surface area contributed by atoms with E-state index in [1.807, 2.05) is 0 Å². The Balaban J connectivity index is 2.23. The normalized spacial score (nSPS) is 36.5. The average molecular weight is 189 g/mol. The second kappa shape index (κ2) is 3.39. The van der Waals surface area contributed by atoms with Crippen LogP contribution in [-0.4, -0.2) is 6.04 Å². The second-order valence-electron chi connectivity index (χ2n) is 4.66. The van der Waals surface area contributed by atoms with Crippen LogP contribution in [0.25, 0.3) is 0 Å². The van der Waals surface area contributed by atoms with Gasteiger partial charge in [-0.05, 0) is 29.7 Å². The zero-order chi connectivity index (χ0) is 10.2. The largest absolute Gasteiger partial charge is 0.327 e. The minimum absolute atomic E-state index is 0.321. The maximum atomic E-state index is 6.10. The monoisotopic (exact) mass is 189 g/mol. The summed E-state index contributed by atoms with van der Waals surface area (Å²) in [6, 6.07) is 11.2. The summed E-state index contributed by atoms with van der Waals surface area (Å²) in [7, 11) is 0. The van der Waals surface area contributed by atoms with E-state index in [2.05, 4.69) is 44.2 Å². The smallest absolute Gasteiger partial charge is 0.0105 e. The van der Waals surface area contributed by atoms with Gasteiger partial charge in [0.05, 0.1) is 0 Å². The quantitative estimate of drug-likeness (QED) is 0.760. The highest BCUT2D eigenvalue weighted by Gasteiger charge is 2.48. The molecular weight excluding hydrogens is 170 g/mol. The van der Waals surface area contributed by atoms with Crippen molar-refractivity contribution in [3.63, 3.8) is 0 Å². The maximum absolute atomic E-state index is 6.10. The maximum Gasteiger partial charge on any atom is 0.0105 e. The van der Waals surface area contributed by atoms with Gasteiger partial charge in [0.25, 0.3) is 0 Å². The van der Waals surface area contributed by atoms with Crippen molar-refractivity contribution in [2.45, 2.75) is 38.6 Å². The number of rotatable bonds is 2. The van der Waals surface area contributed by atoms with Gasteiger partial charge in [0.2, 0.25) is 0 Å². The first kappa shape index (κ1) is 9.72. The van der Waals surface area contributed by atoms with Gasteiger partial charge in [-0.15, -0.1) is 0 Å². The third-order valence-corrected chi connectivity index (χ3v) is 4.10. The van der Waals surface area contributed by atoms with Crippen molar-refractivity contribution in [2.75, 3.05) is 0 Å². The van der Waals surface area contributed by atoms with Gasteiger partial charge in [0.1, 0.15) is 0 Å². The lowest BCUT2D eigenvalue weighted by Crippen LogP contribution is -2.54. The fourth-order valence-corrected chi connectivity index (χ4v) is 2.60. The van der Waals surface area contributed by atoms with Crippen LogP contribution in [0.1, 0.15) is 38.2 Å². The van der Waals surface area contributed by atoms with Crippen LogP contribution in [0, 0.1) is 5.41 Å². The van der Waals surface area contributed by atoms with Crippen molar-refractivity contribution in [1.29, 1.82) is 0 Å². The number of hydrogen-bond donors (Lipinski definition) is 1. The molecule has 0 spiro atoms. The first-order chi connectivity index (χ1) is 6.68. The highest BCUT2D eigenvalue weighted by molar-refractivity contribution is 5.27. The summed E-state index contributed by atoms with van der Waals surface area (Å²) in [5.74, 6) is 0.670. The minimum Gasteiger partial charge on any atom is -0.327 e. The van der Waals surface area contributed by atoms with E-state index in [1.165, 1.54) is 12.0 Å². The topological polar surface area (TPSA) is 26.0 Å². The molecule has 1 heteroatoms. The van der Waals surface area contributed by atoms with Crippen LogP contribution in [-0.2, 0) is 0 Å². The van der Waals surface area contributed by atoms with E-state index in [-0.39, 0.29) is 0 Å². The number of nitrogens with two attached hydrogens (primary N) is 1. The summed E-state index contributed by atoms with van der Waals surface area (Å²) >= 11 is 0. The number of benzene rings is 1. The molecule has 1 aliphatic carbocycles. The highest BCUT2D eigenvalue weighted by Crippen LogP contribution is 2.53. The first-order valence-electron chi connectivity index (χ1n) is 5.49.